The lowest BCUT2D eigenvalue weighted by atomic mass is 10.1. The molecular weight excluding hydrogens is 296 g/mol. The zero-order chi connectivity index (χ0) is 15.9. The Hall–Kier alpha value is -3.33. The minimum atomic E-state index is 0.863. The molecule has 0 spiro atoms. The van der Waals surface area contributed by atoms with Crippen LogP contribution in [0.2, 0.25) is 0 Å². The van der Waals surface area contributed by atoms with Gasteiger partial charge in [0.1, 0.15) is 0 Å². The summed E-state index contributed by atoms with van der Waals surface area (Å²) in [7, 11) is 0. The zero-order valence-electron chi connectivity index (χ0n) is 12.9. The van der Waals surface area contributed by atoms with Gasteiger partial charge in [-0.05, 0) is 36.4 Å². The average Bonchev–Trinajstić information content (AvgIpc) is 2.66. The highest BCUT2D eigenvalue weighted by Gasteiger charge is 2.26. The molecule has 3 nitrogen and oxygen atoms in total. The first-order valence-electron chi connectivity index (χ1n) is 7.90. The second-order valence-corrected chi connectivity index (χ2v) is 5.75. The summed E-state index contributed by atoms with van der Waals surface area (Å²) in [4.78, 5) is 6.50. The fourth-order valence-electron chi connectivity index (χ4n) is 3.26. The molecule has 1 aliphatic heterocycles. The molecule has 0 aliphatic carbocycles. The lowest BCUT2D eigenvalue weighted by Gasteiger charge is -2.33. The van der Waals surface area contributed by atoms with Gasteiger partial charge in [-0.3, -0.25) is 4.98 Å². The first-order valence-corrected chi connectivity index (χ1v) is 7.90. The van der Waals surface area contributed by atoms with Crippen molar-refractivity contribution in [2.24, 2.45) is 0 Å². The van der Waals surface area contributed by atoms with Crippen LogP contribution in [0.1, 0.15) is 0 Å². The lowest BCUT2D eigenvalue weighted by Crippen LogP contribution is -2.15. The van der Waals surface area contributed by atoms with E-state index in [1.54, 1.807) is 0 Å². The molecule has 24 heavy (non-hydrogen) atoms. The number of pyridine rings is 1. The Labute approximate surface area is 139 Å². The topological polar surface area (TPSA) is 25.4 Å². The molecule has 0 bridgehead atoms. The van der Waals surface area contributed by atoms with Crippen molar-refractivity contribution in [2.45, 2.75) is 0 Å². The molecule has 0 radical (unpaired) electrons. The van der Waals surface area contributed by atoms with Crippen LogP contribution in [0.5, 0.6) is 11.5 Å². The molecule has 2 heterocycles. The Morgan fingerprint density at radius 3 is 2.08 bits per heavy atom. The van der Waals surface area contributed by atoms with E-state index in [4.69, 9.17) is 4.74 Å². The summed E-state index contributed by atoms with van der Waals surface area (Å²) in [6, 6.07) is 24.6. The number of hydrogen-bond acceptors (Lipinski definition) is 3. The summed E-state index contributed by atoms with van der Waals surface area (Å²) in [6.45, 7) is 0. The Bertz CT molecular complexity index is 1010. The summed E-state index contributed by atoms with van der Waals surface area (Å²) < 4.78 is 6.09. The average molecular weight is 310 g/mol. The molecule has 4 aromatic rings. The van der Waals surface area contributed by atoms with E-state index in [0.717, 1.165) is 33.9 Å². The van der Waals surface area contributed by atoms with Gasteiger partial charge in [-0.15, -0.1) is 0 Å². The highest BCUT2D eigenvalue weighted by molar-refractivity contribution is 6.00. The van der Waals surface area contributed by atoms with Gasteiger partial charge in [0.05, 0.1) is 17.1 Å². The highest BCUT2D eigenvalue weighted by Crippen LogP contribution is 2.51. The number of ether oxygens (including phenoxy) is 1. The van der Waals surface area contributed by atoms with Crippen molar-refractivity contribution in [3.63, 3.8) is 0 Å². The third kappa shape index (κ3) is 1.88. The predicted molar refractivity (Wildman–Crippen MR) is 96.5 cm³/mol. The van der Waals surface area contributed by atoms with Crippen LogP contribution >= 0.6 is 0 Å². The van der Waals surface area contributed by atoms with Gasteiger partial charge in [-0.2, -0.15) is 0 Å². The van der Waals surface area contributed by atoms with Crippen molar-refractivity contribution in [3.05, 3.63) is 85.2 Å². The first-order chi connectivity index (χ1) is 11.9. The van der Waals surface area contributed by atoms with Gasteiger partial charge >= 0.3 is 0 Å². The molecule has 114 valence electrons. The second-order valence-electron chi connectivity index (χ2n) is 5.75. The molecular formula is C21H14N2O. The maximum Gasteiger partial charge on any atom is 0.151 e. The highest BCUT2D eigenvalue weighted by atomic mass is 16.5. The van der Waals surface area contributed by atoms with Crippen molar-refractivity contribution in [3.8, 4) is 11.5 Å². The molecule has 1 aliphatic rings. The maximum atomic E-state index is 6.09. The number of benzene rings is 3. The molecule has 1 aromatic heterocycles. The Balaban J connectivity index is 1.84. The van der Waals surface area contributed by atoms with E-state index >= 15 is 0 Å². The molecule has 0 amide bonds. The standard InChI is InChI=1S/C21H14N2O/c1-3-10-20-18(7-1)23(19-8-2-4-11-21(19)24-20)17-9-5-6-15-14-22-13-12-16(15)17/h1-14H. The molecule has 0 atom stereocenters. The molecule has 0 unspecified atom stereocenters. The maximum absolute atomic E-state index is 6.09. The van der Waals surface area contributed by atoms with Crippen molar-refractivity contribution in [2.75, 3.05) is 4.90 Å². The van der Waals surface area contributed by atoms with Crippen LogP contribution in [-0.4, -0.2) is 4.98 Å². The van der Waals surface area contributed by atoms with Gasteiger partial charge in [-0.25, -0.2) is 0 Å². The molecule has 0 fully saturated rings. The second kappa shape index (κ2) is 5.10. The number of anilines is 3. The fraction of sp³-hybridized carbons (Fsp3) is 0. The van der Waals surface area contributed by atoms with Gasteiger partial charge in [0.2, 0.25) is 0 Å². The van der Waals surface area contributed by atoms with E-state index in [0.29, 0.717) is 0 Å². The van der Waals surface area contributed by atoms with Crippen LogP contribution in [0.3, 0.4) is 0 Å². The minimum absolute atomic E-state index is 0.863. The summed E-state index contributed by atoms with van der Waals surface area (Å²) >= 11 is 0. The monoisotopic (exact) mass is 310 g/mol. The van der Waals surface area contributed by atoms with Crippen LogP contribution in [0.25, 0.3) is 10.8 Å². The predicted octanol–water partition coefficient (Wildman–Crippen LogP) is 5.81. The SMILES string of the molecule is c1ccc2c(c1)Oc1ccccc1N2c1cccc2cnccc12. The van der Waals surface area contributed by atoms with Crippen molar-refractivity contribution in [1.82, 2.24) is 4.98 Å². The van der Waals surface area contributed by atoms with Gasteiger partial charge in [-0.1, -0.05) is 36.4 Å². The van der Waals surface area contributed by atoms with Crippen LogP contribution in [0, 0.1) is 0 Å². The first kappa shape index (κ1) is 13.1. The number of rotatable bonds is 1. The summed E-state index contributed by atoms with van der Waals surface area (Å²) in [6.07, 6.45) is 3.74. The van der Waals surface area contributed by atoms with E-state index in [2.05, 4.69) is 46.3 Å². The van der Waals surface area contributed by atoms with Gasteiger partial charge in [0.25, 0.3) is 0 Å². The number of nitrogens with zero attached hydrogens (tertiary/aromatic N) is 2. The van der Waals surface area contributed by atoms with Crippen molar-refractivity contribution >= 4 is 27.8 Å². The third-order valence-electron chi connectivity index (χ3n) is 4.33. The molecule has 0 saturated carbocycles. The minimum Gasteiger partial charge on any atom is -0.453 e. The zero-order valence-corrected chi connectivity index (χ0v) is 12.9. The largest absolute Gasteiger partial charge is 0.453 e. The van der Waals surface area contributed by atoms with E-state index < -0.39 is 0 Å². The number of fused-ring (bicyclic) bond motifs is 3. The number of hydrogen-bond donors (Lipinski definition) is 0. The van der Waals surface area contributed by atoms with Crippen molar-refractivity contribution in [1.29, 1.82) is 0 Å². The van der Waals surface area contributed by atoms with E-state index in [1.807, 2.05) is 48.8 Å². The normalized spacial score (nSPS) is 12.4. The number of para-hydroxylation sites is 4. The molecule has 3 aromatic carbocycles. The lowest BCUT2D eigenvalue weighted by molar-refractivity contribution is 0.477. The van der Waals surface area contributed by atoms with Gasteiger partial charge in [0.15, 0.2) is 11.5 Å². The van der Waals surface area contributed by atoms with E-state index in [1.165, 1.54) is 5.39 Å². The smallest absolute Gasteiger partial charge is 0.151 e. The third-order valence-corrected chi connectivity index (χ3v) is 4.33. The Morgan fingerprint density at radius 1 is 0.667 bits per heavy atom. The molecule has 0 N–H and O–H groups in total. The van der Waals surface area contributed by atoms with E-state index in [-0.39, 0.29) is 0 Å². The van der Waals surface area contributed by atoms with Crippen molar-refractivity contribution < 1.29 is 4.74 Å². The summed E-state index contributed by atoms with van der Waals surface area (Å²) in [5, 5.41) is 2.29. The van der Waals surface area contributed by atoms with E-state index in [9.17, 15) is 0 Å². The fourth-order valence-corrected chi connectivity index (χ4v) is 3.26. The molecule has 3 heteroatoms. The Morgan fingerprint density at radius 2 is 1.33 bits per heavy atom. The summed E-state index contributed by atoms with van der Waals surface area (Å²) in [5.74, 6) is 1.73. The van der Waals surface area contributed by atoms with Crippen LogP contribution in [0.4, 0.5) is 17.1 Å². The van der Waals surface area contributed by atoms with Gasteiger partial charge in [0, 0.05) is 23.2 Å². The van der Waals surface area contributed by atoms with Gasteiger partial charge < -0.3 is 9.64 Å². The molecule has 5 rings (SSSR count). The van der Waals surface area contributed by atoms with Crippen LogP contribution in [0.15, 0.2) is 85.2 Å². The Kier molecular flexibility index (Phi) is 2.79. The molecule has 0 saturated heterocycles. The summed E-state index contributed by atoms with van der Waals surface area (Å²) in [5.41, 5.74) is 3.21. The van der Waals surface area contributed by atoms with Crippen LogP contribution < -0.4 is 9.64 Å². The van der Waals surface area contributed by atoms with Crippen LogP contribution in [-0.2, 0) is 0 Å². The quantitative estimate of drug-likeness (QED) is 0.390. The number of aromatic nitrogens is 1.